The van der Waals surface area contributed by atoms with E-state index in [1.807, 2.05) is 0 Å². The van der Waals surface area contributed by atoms with E-state index in [1.54, 1.807) is 6.92 Å². The summed E-state index contributed by atoms with van der Waals surface area (Å²) in [6.07, 6.45) is 1.50. The summed E-state index contributed by atoms with van der Waals surface area (Å²) in [6, 6.07) is 0. The van der Waals surface area contributed by atoms with Crippen molar-refractivity contribution in [3.63, 3.8) is 0 Å². The molecule has 0 aromatic rings. The highest BCUT2D eigenvalue weighted by atomic mass is 16.3. The molecule has 0 radical (unpaired) electrons. The van der Waals surface area contributed by atoms with Gasteiger partial charge in [-0.25, -0.2) is 0 Å². The molecule has 0 aliphatic carbocycles. The topological polar surface area (TPSA) is 46.2 Å². The first-order valence-corrected chi connectivity index (χ1v) is 1.96. The summed E-state index contributed by atoms with van der Waals surface area (Å²) >= 11 is 0. The van der Waals surface area contributed by atoms with E-state index in [0.29, 0.717) is 5.57 Å². The van der Waals surface area contributed by atoms with Crippen molar-refractivity contribution < 1.29 is 5.11 Å². The largest absolute Gasteiger partial charge is 0.495 e. The minimum absolute atomic E-state index is 0.157. The third-order valence-corrected chi connectivity index (χ3v) is 0.710. The molecule has 0 bridgehead atoms. The van der Waals surface area contributed by atoms with Gasteiger partial charge in [0.1, 0.15) is 0 Å². The first-order valence-electron chi connectivity index (χ1n) is 1.96. The molecule has 2 heteroatoms. The molecule has 0 spiro atoms. The van der Waals surface area contributed by atoms with Gasteiger partial charge in [0.15, 0.2) is 5.88 Å². The van der Waals surface area contributed by atoms with Crippen LogP contribution in [0.5, 0.6) is 0 Å². The second-order valence-corrected chi connectivity index (χ2v) is 1.27. The lowest BCUT2D eigenvalue weighted by molar-refractivity contribution is 0.400. The molecule has 0 fully saturated rings. The predicted octanol–water partition coefficient (Wildman–Crippen LogP) is 0.921. The van der Waals surface area contributed by atoms with Crippen molar-refractivity contribution in [2.24, 2.45) is 5.73 Å². The highest BCUT2D eigenvalue weighted by molar-refractivity contribution is 5.14. The average Bonchev–Trinajstić information content (AvgIpc) is 1.65. The quantitative estimate of drug-likeness (QED) is 0.379. The molecule has 0 rings (SSSR count). The zero-order valence-corrected chi connectivity index (χ0v) is 4.31. The van der Waals surface area contributed by atoms with Gasteiger partial charge in [0, 0.05) is 5.57 Å². The van der Waals surface area contributed by atoms with Gasteiger partial charge in [-0.1, -0.05) is 12.7 Å². The Hall–Kier alpha value is -0.920. The highest BCUT2D eigenvalue weighted by Gasteiger charge is 1.83. The Bertz CT molecular complexity index is 101. The number of aliphatic hydroxyl groups excluding tert-OH is 1. The molecule has 0 aliphatic heterocycles. The van der Waals surface area contributed by atoms with E-state index < -0.39 is 0 Å². The van der Waals surface area contributed by atoms with Crippen LogP contribution < -0.4 is 5.73 Å². The Morgan fingerprint density at radius 3 is 2.29 bits per heavy atom. The first-order chi connectivity index (χ1) is 3.18. The van der Waals surface area contributed by atoms with Gasteiger partial charge in [0.05, 0.1) is 0 Å². The smallest absolute Gasteiger partial charge is 0.184 e. The van der Waals surface area contributed by atoms with Crippen LogP contribution in [0.25, 0.3) is 0 Å². The third kappa shape index (κ3) is 1.87. The van der Waals surface area contributed by atoms with E-state index in [2.05, 4.69) is 6.58 Å². The van der Waals surface area contributed by atoms with E-state index in [9.17, 15) is 0 Å². The summed E-state index contributed by atoms with van der Waals surface area (Å²) in [5.41, 5.74) is 5.52. The van der Waals surface area contributed by atoms with Crippen LogP contribution in [0.15, 0.2) is 24.1 Å². The Balaban J connectivity index is 3.98. The summed E-state index contributed by atoms with van der Waals surface area (Å²) in [4.78, 5) is 0. The second-order valence-electron chi connectivity index (χ2n) is 1.27. The monoisotopic (exact) mass is 99.1 g/mol. The molecule has 7 heavy (non-hydrogen) atoms. The van der Waals surface area contributed by atoms with Crippen molar-refractivity contribution >= 4 is 0 Å². The SMILES string of the molecule is C=C/C(C)=C(\N)O. The molecule has 0 saturated heterocycles. The molecule has 2 nitrogen and oxygen atoms in total. The van der Waals surface area contributed by atoms with Crippen LogP contribution in [0.3, 0.4) is 0 Å². The molecule has 0 amide bonds. The lowest BCUT2D eigenvalue weighted by Gasteiger charge is -1.89. The summed E-state index contributed by atoms with van der Waals surface area (Å²) in [5.74, 6) is -0.157. The Labute approximate surface area is 43.0 Å². The molecule has 0 atom stereocenters. The Kier molecular flexibility index (Phi) is 1.99. The first kappa shape index (κ1) is 6.08. The van der Waals surface area contributed by atoms with Crippen molar-refractivity contribution in [3.8, 4) is 0 Å². The van der Waals surface area contributed by atoms with Crippen LogP contribution >= 0.6 is 0 Å². The van der Waals surface area contributed by atoms with Crippen molar-refractivity contribution in [1.29, 1.82) is 0 Å². The van der Waals surface area contributed by atoms with Crippen molar-refractivity contribution in [2.75, 3.05) is 0 Å². The fourth-order valence-electron chi connectivity index (χ4n) is 0.105. The maximum Gasteiger partial charge on any atom is 0.184 e. The standard InChI is InChI=1S/C5H9NO/c1-3-4(2)5(6)7/h3,7H,1,6H2,2H3/b5-4+. The zero-order chi connectivity index (χ0) is 5.86. The van der Waals surface area contributed by atoms with Gasteiger partial charge in [-0.15, -0.1) is 0 Å². The molecule has 40 valence electrons. The molecule has 0 aromatic heterocycles. The van der Waals surface area contributed by atoms with Crippen molar-refractivity contribution in [1.82, 2.24) is 0 Å². The molecule has 0 aromatic carbocycles. The van der Waals surface area contributed by atoms with Crippen molar-refractivity contribution in [3.05, 3.63) is 24.1 Å². The summed E-state index contributed by atoms with van der Waals surface area (Å²) < 4.78 is 0. The van der Waals surface area contributed by atoms with Gasteiger partial charge >= 0.3 is 0 Å². The Morgan fingerprint density at radius 2 is 2.29 bits per heavy atom. The molecular formula is C5H9NO. The minimum atomic E-state index is -0.157. The van der Waals surface area contributed by atoms with Crippen LogP contribution in [-0.2, 0) is 0 Å². The van der Waals surface area contributed by atoms with Gasteiger partial charge in [-0.3, -0.25) is 0 Å². The predicted molar refractivity (Wildman–Crippen MR) is 29.7 cm³/mol. The summed E-state index contributed by atoms with van der Waals surface area (Å²) in [5, 5.41) is 8.41. The van der Waals surface area contributed by atoms with Gasteiger partial charge in [0.25, 0.3) is 0 Å². The Morgan fingerprint density at radius 1 is 1.86 bits per heavy atom. The van der Waals surface area contributed by atoms with Crippen LogP contribution in [-0.4, -0.2) is 5.11 Å². The van der Waals surface area contributed by atoms with E-state index >= 15 is 0 Å². The molecule has 0 heterocycles. The normalized spacial score (nSPS) is 12.7. The van der Waals surface area contributed by atoms with Crippen LogP contribution in [0.2, 0.25) is 0 Å². The number of hydrogen-bond acceptors (Lipinski definition) is 2. The second kappa shape index (κ2) is 2.29. The zero-order valence-electron chi connectivity index (χ0n) is 4.31. The molecular weight excluding hydrogens is 90.1 g/mol. The number of aliphatic hydroxyl groups is 1. The summed E-state index contributed by atoms with van der Waals surface area (Å²) in [6.45, 7) is 5.07. The number of rotatable bonds is 1. The number of hydrogen-bond donors (Lipinski definition) is 2. The van der Waals surface area contributed by atoms with Gasteiger partial charge in [-0.05, 0) is 6.92 Å². The number of allylic oxidation sites excluding steroid dienone is 2. The molecule has 0 unspecified atom stereocenters. The van der Waals surface area contributed by atoms with E-state index in [4.69, 9.17) is 10.8 Å². The maximum atomic E-state index is 8.41. The highest BCUT2D eigenvalue weighted by Crippen LogP contribution is 1.92. The lowest BCUT2D eigenvalue weighted by Crippen LogP contribution is -1.96. The van der Waals surface area contributed by atoms with Gasteiger partial charge in [-0.2, -0.15) is 0 Å². The van der Waals surface area contributed by atoms with E-state index in [0.717, 1.165) is 0 Å². The van der Waals surface area contributed by atoms with Crippen molar-refractivity contribution in [2.45, 2.75) is 6.92 Å². The van der Waals surface area contributed by atoms with Crippen LogP contribution in [0.4, 0.5) is 0 Å². The molecule has 0 aliphatic rings. The average molecular weight is 99.1 g/mol. The van der Waals surface area contributed by atoms with E-state index in [-0.39, 0.29) is 5.88 Å². The third-order valence-electron chi connectivity index (χ3n) is 0.710. The fourth-order valence-corrected chi connectivity index (χ4v) is 0.105. The van der Waals surface area contributed by atoms with Gasteiger partial charge in [0.2, 0.25) is 0 Å². The lowest BCUT2D eigenvalue weighted by atomic mass is 10.3. The number of nitrogens with two attached hydrogens (primary N) is 1. The van der Waals surface area contributed by atoms with Crippen LogP contribution in [0, 0.1) is 0 Å². The van der Waals surface area contributed by atoms with Gasteiger partial charge < -0.3 is 10.8 Å². The van der Waals surface area contributed by atoms with Crippen LogP contribution in [0.1, 0.15) is 6.92 Å². The minimum Gasteiger partial charge on any atom is -0.495 e. The van der Waals surface area contributed by atoms with E-state index in [1.165, 1.54) is 6.08 Å². The molecule has 3 N–H and O–H groups in total. The molecule has 0 saturated carbocycles. The fraction of sp³-hybridized carbons (Fsp3) is 0.200. The summed E-state index contributed by atoms with van der Waals surface area (Å²) in [7, 11) is 0. The maximum absolute atomic E-state index is 8.41.